The molecule has 0 unspecified atom stereocenters. The van der Waals surface area contributed by atoms with E-state index in [0.29, 0.717) is 0 Å². The number of rotatable bonds is 0. The molecule has 0 N–H and O–H groups in total. The Balaban J connectivity index is 0. The molecule has 0 aliphatic carbocycles. The van der Waals surface area contributed by atoms with Gasteiger partial charge in [-0.3, -0.25) is 0 Å². The smallest absolute Gasteiger partial charge is 0.171 e. The minimum atomic E-state index is -0.931. The van der Waals surface area contributed by atoms with E-state index in [0.717, 1.165) is 0 Å². The Morgan fingerprint density at radius 3 is 1.50 bits per heavy atom. The summed E-state index contributed by atoms with van der Waals surface area (Å²) in [6.45, 7) is 0. The molecule has 54 valence electrons. The van der Waals surface area contributed by atoms with Crippen LogP contribution in [0.25, 0.3) is 0 Å². The molecule has 0 saturated heterocycles. The molecular weight excluding hydrogens is 335 g/mol. The van der Waals surface area contributed by atoms with Gasteiger partial charge in [-0.25, -0.2) is 0 Å². The molecule has 0 saturated carbocycles. The van der Waals surface area contributed by atoms with Gasteiger partial charge in [-0.2, -0.15) is 36.4 Å². The van der Waals surface area contributed by atoms with Crippen LogP contribution in [0.15, 0.2) is 30.3 Å². The summed E-state index contributed by atoms with van der Waals surface area (Å²) in [5.41, 5.74) is 0. The Hall–Kier alpha value is 1.15. The van der Waals surface area contributed by atoms with Crippen LogP contribution in [0.1, 0.15) is 0 Å². The summed E-state index contributed by atoms with van der Waals surface area (Å²) < 4.78 is 0. The van der Waals surface area contributed by atoms with Crippen LogP contribution in [0, 0.1) is 6.07 Å². The zero-order valence-corrected chi connectivity index (χ0v) is 12.1. The van der Waals surface area contributed by atoms with E-state index in [1.54, 1.807) is 0 Å². The van der Waals surface area contributed by atoms with E-state index < -0.39 is 15.1 Å². The van der Waals surface area contributed by atoms with Gasteiger partial charge in [0.25, 0.3) is 0 Å². The summed E-state index contributed by atoms with van der Waals surface area (Å²) in [6, 6.07) is 12.5. The molecule has 1 aromatic rings. The van der Waals surface area contributed by atoms with E-state index in [1.807, 2.05) is 30.3 Å². The van der Waals surface area contributed by atoms with Gasteiger partial charge >= 0.3 is 34.5 Å². The van der Waals surface area contributed by atoms with E-state index in [4.69, 9.17) is 19.4 Å². The molecule has 0 aromatic heterocycles. The second-order valence-electron chi connectivity index (χ2n) is 1.18. The van der Waals surface area contributed by atoms with E-state index in [1.165, 1.54) is 0 Å². The van der Waals surface area contributed by atoms with Gasteiger partial charge in [0, 0.05) is 0 Å². The summed E-state index contributed by atoms with van der Waals surface area (Å²) in [4.78, 5) is 0. The van der Waals surface area contributed by atoms with Gasteiger partial charge in [-0.15, -0.1) is 24.0 Å². The van der Waals surface area contributed by atoms with Gasteiger partial charge in [0.05, 0.1) is 0 Å². The molecule has 0 fully saturated rings. The van der Waals surface area contributed by atoms with Gasteiger partial charge in [0.15, 0.2) is 0 Å². The molecule has 1 aromatic carbocycles. The van der Waals surface area contributed by atoms with Crippen LogP contribution in [-0.4, -0.2) is 0 Å². The molecule has 0 spiro atoms. The zero-order valence-electron chi connectivity index (χ0n) is 5.26. The van der Waals surface area contributed by atoms with Crippen LogP contribution < -0.4 is 0 Å². The average molecular weight is 341 g/mol. The second kappa shape index (κ2) is 12.8. The van der Waals surface area contributed by atoms with Gasteiger partial charge in [0.1, 0.15) is 0 Å². The van der Waals surface area contributed by atoms with E-state index >= 15 is 0 Å². The maximum absolute atomic E-state index is 4.95. The number of hydrogen-bond donors (Lipinski definition) is 0. The minimum Gasteiger partial charge on any atom is -0.184 e. The van der Waals surface area contributed by atoms with Crippen molar-refractivity contribution in [1.82, 2.24) is 0 Å². The van der Waals surface area contributed by atoms with Gasteiger partial charge in [-0.05, 0) is 0 Å². The monoisotopic (exact) mass is 339 g/mol. The van der Waals surface area contributed by atoms with Crippen molar-refractivity contribution in [3.8, 4) is 0 Å². The first-order valence-corrected chi connectivity index (χ1v) is 10.2. The van der Waals surface area contributed by atoms with Crippen molar-refractivity contribution in [2.75, 3.05) is 0 Å². The van der Waals surface area contributed by atoms with E-state index in [9.17, 15) is 0 Å². The van der Waals surface area contributed by atoms with Gasteiger partial charge < -0.3 is 0 Å². The Morgan fingerprint density at radius 2 is 1.40 bits per heavy atom. The van der Waals surface area contributed by atoms with Crippen LogP contribution in [0.3, 0.4) is 0 Å². The van der Waals surface area contributed by atoms with Crippen molar-refractivity contribution in [3.63, 3.8) is 0 Å². The van der Waals surface area contributed by atoms with E-state index in [-0.39, 0.29) is 24.0 Å². The Kier molecular flexibility index (Phi) is 17.6. The van der Waals surface area contributed by atoms with Crippen LogP contribution in [0.4, 0.5) is 0 Å². The van der Waals surface area contributed by atoms with Crippen molar-refractivity contribution in [3.05, 3.63) is 36.4 Å². The fourth-order valence-corrected chi connectivity index (χ4v) is 0.342. The molecule has 1 rings (SSSR count). The Morgan fingerprint density at radius 1 is 1.00 bits per heavy atom. The Labute approximate surface area is 94.0 Å². The average Bonchev–Trinajstić information content (AvgIpc) is 1.93. The first kappa shape index (κ1) is 13.7. The summed E-state index contributed by atoms with van der Waals surface area (Å²) in [6.07, 6.45) is 0. The molecular formula is C6H6Cl2IZn-. The largest absolute Gasteiger partial charge is 0.184 e. The summed E-state index contributed by atoms with van der Waals surface area (Å²) >= 11 is -0.931. The molecule has 0 aliphatic heterocycles. The maximum Gasteiger partial charge on any atom is -0.171 e. The molecule has 0 bridgehead atoms. The predicted octanol–water partition coefficient (Wildman–Crippen LogP) is 3.48. The van der Waals surface area contributed by atoms with Crippen molar-refractivity contribution >= 4 is 43.4 Å². The van der Waals surface area contributed by atoms with Gasteiger partial charge in [0.2, 0.25) is 0 Å². The third kappa shape index (κ3) is 11.9. The quantitative estimate of drug-likeness (QED) is 0.385. The van der Waals surface area contributed by atoms with Crippen molar-refractivity contribution in [2.45, 2.75) is 0 Å². The van der Waals surface area contributed by atoms with Crippen molar-refractivity contribution in [1.29, 1.82) is 0 Å². The summed E-state index contributed by atoms with van der Waals surface area (Å²) in [7, 11) is 9.90. The van der Waals surface area contributed by atoms with Crippen LogP contribution in [-0.2, 0) is 15.1 Å². The molecule has 0 atom stereocenters. The molecule has 0 nitrogen and oxygen atoms in total. The van der Waals surface area contributed by atoms with Crippen LogP contribution >= 0.6 is 43.4 Å². The van der Waals surface area contributed by atoms with Crippen molar-refractivity contribution < 1.29 is 15.1 Å². The molecule has 10 heavy (non-hydrogen) atoms. The van der Waals surface area contributed by atoms with Crippen molar-refractivity contribution in [2.24, 2.45) is 0 Å². The third-order valence-electron chi connectivity index (χ3n) is 0.607. The molecule has 0 heterocycles. The normalized spacial score (nSPS) is 5.80. The fraction of sp³-hybridized carbons (Fsp3) is 0. The second-order valence-corrected chi connectivity index (χ2v) is 5.80. The summed E-state index contributed by atoms with van der Waals surface area (Å²) in [5, 5.41) is 0. The first-order valence-electron chi connectivity index (χ1n) is 2.45. The Bertz CT molecular complexity index is 98.6. The predicted molar refractivity (Wildman–Crippen MR) is 52.4 cm³/mol. The van der Waals surface area contributed by atoms with Crippen LogP contribution in [0.2, 0.25) is 0 Å². The standard InChI is InChI=1S/C6H5.2ClH.HI.Zn/c1-2-4-6-5-3-1;;;;/h1-5H;3*1H;/q-1;;;;+2/p-2. The minimum absolute atomic E-state index is 0. The molecule has 0 radical (unpaired) electrons. The topological polar surface area (TPSA) is 0 Å². The maximum atomic E-state index is 4.95. The first-order chi connectivity index (χ1) is 4.41. The third-order valence-corrected chi connectivity index (χ3v) is 0.607. The van der Waals surface area contributed by atoms with Gasteiger partial charge in [-0.1, -0.05) is 0 Å². The molecule has 0 amide bonds. The van der Waals surface area contributed by atoms with Crippen LogP contribution in [0.5, 0.6) is 0 Å². The number of benzene rings is 1. The number of hydrogen-bond acceptors (Lipinski definition) is 0. The zero-order chi connectivity index (χ0) is 6.95. The fourth-order valence-electron chi connectivity index (χ4n) is 0.342. The number of halogens is 3. The van der Waals surface area contributed by atoms with E-state index in [2.05, 4.69) is 6.07 Å². The summed E-state index contributed by atoms with van der Waals surface area (Å²) in [5.74, 6) is 0. The molecule has 0 aliphatic rings. The SMILES string of the molecule is I.[Cl][Zn][Cl].[c-]1ccccc1. The molecule has 4 heteroatoms.